The Balaban J connectivity index is 1.66. The van der Waals surface area contributed by atoms with E-state index in [-0.39, 0.29) is 0 Å². The zero-order chi connectivity index (χ0) is 15.7. The van der Waals surface area contributed by atoms with Crippen LogP contribution in [0.5, 0.6) is 0 Å². The monoisotopic (exact) mass is 309 g/mol. The van der Waals surface area contributed by atoms with E-state index in [4.69, 9.17) is 0 Å². The van der Waals surface area contributed by atoms with Crippen LogP contribution < -0.4 is 0 Å². The van der Waals surface area contributed by atoms with E-state index in [9.17, 15) is 0 Å². The van der Waals surface area contributed by atoms with Crippen molar-refractivity contribution < 1.29 is 0 Å². The molecule has 0 bridgehead atoms. The number of hydrogen-bond acceptors (Lipinski definition) is 0. The molecule has 2 aliphatic carbocycles. The number of rotatable bonds is 0. The van der Waals surface area contributed by atoms with Gasteiger partial charge in [-0.15, -0.1) is 0 Å². The van der Waals surface area contributed by atoms with Crippen LogP contribution in [0.3, 0.4) is 0 Å². The summed E-state index contributed by atoms with van der Waals surface area (Å²) in [4.78, 5) is 0. The second kappa shape index (κ2) is 9.30. The van der Waals surface area contributed by atoms with E-state index in [1.54, 1.807) is 11.1 Å². The molecule has 0 fully saturated rings. The van der Waals surface area contributed by atoms with Gasteiger partial charge in [-0.05, 0) is 47.9 Å². The molecule has 0 atom stereocenters. The Morgan fingerprint density at radius 2 is 1.13 bits per heavy atom. The molecular weight excluding hydrogens is 276 g/mol. The normalized spacial score (nSPS) is 20.9. The van der Waals surface area contributed by atoms with Gasteiger partial charge < -0.3 is 0 Å². The molecule has 0 aliphatic heterocycles. The molecule has 1 aromatic rings. The Morgan fingerprint density at radius 3 is 1.78 bits per heavy atom. The largest absolute Gasteiger partial charge is 0.0754 e. The van der Waals surface area contributed by atoms with Crippen LogP contribution >= 0.6 is 0 Å². The fourth-order valence-corrected chi connectivity index (χ4v) is 4.23. The Bertz CT molecular complexity index is 509. The van der Waals surface area contributed by atoms with Crippen LogP contribution in [0, 0.1) is 6.42 Å². The maximum Gasteiger partial charge on any atom is 0.0131 e. The van der Waals surface area contributed by atoms with Crippen molar-refractivity contribution in [3.63, 3.8) is 0 Å². The van der Waals surface area contributed by atoms with Gasteiger partial charge in [0.15, 0.2) is 0 Å². The molecule has 2 aliphatic rings. The number of allylic oxidation sites excluding steroid dienone is 1. The van der Waals surface area contributed by atoms with Gasteiger partial charge >= 0.3 is 0 Å². The maximum atomic E-state index is 2.42. The zero-order valence-corrected chi connectivity index (χ0v) is 14.8. The molecule has 0 spiro atoms. The minimum Gasteiger partial charge on any atom is -0.0754 e. The summed E-state index contributed by atoms with van der Waals surface area (Å²) in [7, 11) is 0. The molecule has 0 saturated heterocycles. The molecule has 0 heteroatoms. The van der Waals surface area contributed by atoms with Gasteiger partial charge in [0.25, 0.3) is 0 Å². The molecule has 23 heavy (non-hydrogen) atoms. The van der Waals surface area contributed by atoms with Crippen LogP contribution in [0.1, 0.15) is 99.3 Å². The standard InChI is InChI=1S/C23H33/c1-2-4-6-8-10-12-16-22-20(14-11-9-7-5-3-1)18-19-21-15-13-17-23(21)22/h13,15,17-19H,1-12,14,16H2. The van der Waals surface area contributed by atoms with E-state index in [1.807, 2.05) is 0 Å². The third kappa shape index (κ3) is 4.96. The first-order valence-electron chi connectivity index (χ1n) is 10.1. The highest BCUT2D eigenvalue weighted by Crippen LogP contribution is 2.30. The van der Waals surface area contributed by atoms with Gasteiger partial charge in [-0.2, -0.15) is 0 Å². The second-order valence-electron chi connectivity index (χ2n) is 7.47. The molecule has 1 aromatic carbocycles. The lowest BCUT2D eigenvalue weighted by Gasteiger charge is -2.15. The van der Waals surface area contributed by atoms with Crippen LogP contribution in [0.4, 0.5) is 0 Å². The topological polar surface area (TPSA) is 0 Å². The smallest absolute Gasteiger partial charge is 0.0131 e. The van der Waals surface area contributed by atoms with Crippen molar-refractivity contribution in [2.75, 3.05) is 0 Å². The summed E-state index contributed by atoms with van der Waals surface area (Å²) >= 11 is 0. The molecule has 0 unspecified atom stereocenters. The summed E-state index contributed by atoms with van der Waals surface area (Å²) in [5.74, 6) is 0. The lowest BCUT2D eigenvalue weighted by atomic mass is 9.90. The summed E-state index contributed by atoms with van der Waals surface area (Å²) in [5, 5.41) is 0. The van der Waals surface area contributed by atoms with E-state index in [1.165, 1.54) is 101 Å². The first-order valence-corrected chi connectivity index (χ1v) is 10.1. The molecule has 0 amide bonds. The summed E-state index contributed by atoms with van der Waals surface area (Å²) in [6, 6.07) is 4.76. The summed E-state index contributed by atoms with van der Waals surface area (Å²) in [6.07, 6.45) is 26.6. The number of benzene rings is 1. The Morgan fingerprint density at radius 1 is 0.565 bits per heavy atom. The van der Waals surface area contributed by atoms with Crippen molar-refractivity contribution in [2.45, 2.75) is 89.9 Å². The predicted octanol–water partition coefficient (Wildman–Crippen LogP) is 7.05. The molecule has 0 aromatic heterocycles. The van der Waals surface area contributed by atoms with Crippen molar-refractivity contribution >= 4 is 6.08 Å². The number of aryl methyl sites for hydroxylation is 1. The number of fused-ring (bicyclic) bond motifs is 3. The van der Waals surface area contributed by atoms with Crippen molar-refractivity contribution in [3.8, 4) is 0 Å². The molecule has 0 heterocycles. The van der Waals surface area contributed by atoms with Gasteiger partial charge in [-0.25, -0.2) is 0 Å². The van der Waals surface area contributed by atoms with Gasteiger partial charge in [0.05, 0.1) is 0 Å². The van der Waals surface area contributed by atoms with Crippen molar-refractivity contribution in [3.05, 3.63) is 46.9 Å². The third-order valence-electron chi connectivity index (χ3n) is 5.65. The van der Waals surface area contributed by atoms with Crippen LogP contribution in [0.15, 0.2) is 18.2 Å². The third-order valence-corrected chi connectivity index (χ3v) is 5.65. The van der Waals surface area contributed by atoms with Crippen molar-refractivity contribution in [1.82, 2.24) is 0 Å². The van der Waals surface area contributed by atoms with E-state index >= 15 is 0 Å². The molecule has 1 radical (unpaired) electrons. The van der Waals surface area contributed by atoms with Crippen LogP contribution in [0.2, 0.25) is 0 Å². The Hall–Kier alpha value is -1.04. The average molecular weight is 310 g/mol. The molecular formula is C23H33. The number of hydrogen-bond donors (Lipinski definition) is 0. The van der Waals surface area contributed by atoms with Gasteiger partial charge in [0.2, 0.25) is 0 Å². The molecule has 0 N–H and O–H groups in total. The minimum atomic E-state index is 1.29. The average Bonchev–Trinajstić information content (AvgIpc) is 3.03. The second-order valence-corrected chi connectivity index (χ2v) is 7.47. The maximum absolute atomic E-state index is 2.42. The van der Waals surface area contributed by atoms with Crippen LogP contribution in [0.25, 0.3) is 6.08 Å². The van der Waals surface area contributed by atoms with Gasteiger partial charge in [0.1, 0.15) is 0 Å². The molecule has 125 valence electrons. The molecule has 3 rings (SSSR count). The first-order chi connectivity index (χ1) is 11.4. The highest BCUT2D eigenvalue weighted by Gasteiger charge is 2.14. The van der Waals surface area contributed by atoms with Crippen LogP contribution in [-0.2, 0) is 12.8 Å². The van der Waals surface area contributed by atoms with Gasteiger partial charge in [-0.1, -0.05) is 88.5 Å². The van der Waals surface area contributed by atoms with Gasteiger partial charge in [0, 0.05) is 6.42 Å². The zero-order valence-electron chi connectivity index (χ0n) is 14.8. The lowest BCUT2D eigenvalue weighted by molar-refractivity contribution is 0.537. The lowest BCUT2D eigenvalue weighted by Crippen LogP contribution is -2.00. The minimum absolute atomic E-state index is 1.29. The highest BCUT2D eigenvalue weighted by molar-refractivity contribution is 5.69. The van der Waals surface area contributed by atoms with E-state index < -0.39 is 0 Å². The fourth-order valence-electron chi connectivity index (χ4n) is 4.23. The van der Waals surface area contributed by atoms with Crippen molar-refractivity contribution in [2.24, 2.45) is 0 Å². The summed E-state index contributed by atoms with van der Waals surface area (Å²) in [5.41, 5.74) is 6.28. The Kier molecular flexibility index (Phi) is 6.80. The quantitative estimate of drug-likeness (QED) is 0.482. The predicted molar refractivity (Wildman–Crippen MR) is 102 cm³/mol. The Labute approximate surface area is 143 Å². The van der Waals surface area contributed by atoms with Gasteiger partial charge in [-0.3, -0.25) is 0 Å². The fraction of sp³-hybridized carbons (Fsp3) is 0.609. The van der Waals surface area contributed by atoms with Crippen molar-refractivity contribution in [1.29, 1.82) is 0 Å². The summed E-state index contributed by atoms with van der Waals surface area (Å²) in [6.45, 7) is 0. The van der Waals surface area contributed by atoms with E-state index in [2.05, 4.69) is 30.7 Å². The highest BCUT2D eigenvalue weighted by atomic mass is 14.2. The first kappa shape index (κ1) is 16.8. The van der Waals surface area contributed by atoms with E-state index in [0.717, 1.165) is 0 Å². The molecule has 0 saturated carbocycles. The SMILES string of the molecule is [CH]1C=Cc2c1ccc1c2CCCCCCCCCCCCCC1. The van der Waals surface area contributed by atoms with E-state index in [0.29, 0.717) is 0 Å². The summed E-state index contributed by atoms with van der Waals surface area (Å²) < 4.78 is 0. The van der Waals surface area contributed by atoms with Crippen LogP contribution in [-0.4, -0.2) is 0 Å². The molecule has 0 nitrogen and oxygen atoms in total.